The number of carbonyl (C=O) groups excluding carboxylic acids is 3. The van der Waals surface area contributed by atoms with Crippen LogP contribution in [-0.2, 0) is 35.8 Å². The summed E-state index contributed by atoms with van der Waals surface area (Å²) in [6.45, 7) is 11.3. The van der Waals surface area contributed by atoms with E-state index in [0.717, 1.165) is 5.01 Å². The molecule has 0 radical (unpaired) electrons. The van der Waals surface area contributed by atoms with Crippen LogP contribution in [0.5, 0.6) is 0 Å². The van der Waals surface area contributed by atoms with Crippen LogP contribution in [0.1, 0.15) is 54.0 Å². The van der Waals surface area contributed by atoms with E-state index in [-0.39, 0.29) is 11.3 Å². The number of hydrogen-bond donors (Lipinski definition) is 0. The van der Waals surface area contributed by atoms with Gasteiger partial charge >= 0.3 is 12.2 Å². The van der Waals surface area contributed by atoms with Crippen molar-refractivity contribution in [1.82, 2.24) is 10.1 Å². The highest BCUT2D eigenvalue weighted by Crippen LogP contribution is 2.39. The number of hydroxylamine groups is 2. The van der Waals surface area contributed by atoms with Gasteiger partial charge in [-0.3, -0.25) is 9.63 Å². The Morgan fingerprint density at radius 3 is 1.97 bits per heavy atom. The second-order valence-electron chi connectivity index (χ2n) is 9.53. The van der Waals surface area contributed by atoms with E-state index >= 15 is 0 Å². The van der Waals surface area contributed by atoms with Crippen LogP contribution in [0.4, 0.5) is 9.59 Å². The lowest BCUT2D eigenvalue weighted by atomic mass is 9.85. The molecule has 1 aromatic rings. The number of benzene rings is 1. The minimum atomic E-state index is -1.96. The second-order valence-corrected chi connectivity index (χ2v) is 10.9. The molecule has 11 heteroatoms. The molecule has 0 fully saturated rings. The molecule has 2 unspecified atom stereocenters. The van der Waals surface area contributed by atoms with Crippen LogP contribution in [0.2, 0.25) is 0 Å². The highest BCUT2D eigenvalue weighted by Gasteiger charge is 2.60. The average molecular weight is 482 g/mol. The van der Waals surface area contributed by atoms with Crippen molar-refractivity contribution in [3.63, 3.8) is 0 Å². The molecule has 1 heterocycles. The van der Waals surface area contributed by atoms with Gasteiger partial charge in [0.1, 0.15) is 17.5 Å². The standard InChI is InChI=1S/C22H31N3O7S/c1-14-22(17(26)24(8)23-14,15-10-12-16(13-11-15)33(9)29)25(18(27)30-20(2,3)4)32-19(28)31-21(5,6)7/h10-13H,1-9H3. The first-order valence-electron chi connectivity index (χ1n) is 10.2. The maximum Gasteiger partial charge on any atom is 0.534 e. The fraction of sp³-hybridized carbons (Fsp3) is 0.545. The Morgan fingerprint density at radius 1 is 1.06 bits per heavy atom. The van der Waals surface area contributed by atoms with Gasteiger partial charge in [-0.1, -0.05) is 12.1 Å². The average Bonchev–Trinajstić information content (AvgIpc) is 2.86. The lowest BCUT2D eigenvalue weighted by Crippen LogP contribution is -2.59. The number of hydrogen-bond acceptors (Lipinski definition) is 8. The Kier molecular flexibility index (Phi) is 7.39. The van der Waals surface area contributed by atoms with Crippen LogP contribution >= 0.6 is 0 Å². The van der Waals surface area contributed by atoms with Crippen molar-refractivity contribution in [2.45, 2.75) is 70.1 Å². The first kappa shape index (κ1) is 26.5. The van der Waals surface area contributed by atoms with Crippen molar-refractivity contribution < 1.29 is 33.2 Å². The van der Waals surface area contributed by atoms with E-state index in [1.807, 2.05) is 0 Å². The molecule has 0 aliphatic carbocycles. The fourth-order valence-electron chi connectivity index (χ4n) is 3.19. The van der Waals surface area contributed by atoms with Gasteiger partial charge in [0.25, 0.3) is 5.91 Å². The highest BCUT2D eigenvalue weighted by molar-refractivity contribution is 7.90. The van der Waals surface area contributed by atoms with E-state index in [1.165, 1.54) is 32.4 Å². The molecule has 182 valence electrons. The maximum atomic E-state index is 13.5. The normalized spacial score (nSPS) is 19.6. The zero-order valence-corrected chi connectivity index (χ0v) is 21.2. The number of likely N-dealkylation sites (N-methyl/N-ethyl adjacent to an activating group) is 1. The van der Waals surface area contributed by atoms with Crippen LogP contribution < -0.4 is 0 Å². The van der Waals surface area contributed by atoms with E-state index in [1.54, 1.807) is 53.7 Å². The number of nitrogens with zero attached hydrogens (tertiary/aromatic N) is 3. The van der Waals surface area contributed by atoms with Crippen LogP contribution in [0.15, 0.2) is 34.3 Å². The van der Waals surface area contributed by atoms with Crippen LogP contribution in [0.3, 0.4) is 0 Å². The summed E-state index contributed by atoms with van der Waals surface area (Å²) >= 11 is -1.27. The van der Waals surface area contributed by atoms with Gasteiger partial charge in [-0.25, -0.2) is 14.6 Å². The van der Waals surface area contributed by atoms with Crippen LogP contribution in [-0.4, -0.2) is 63.0 Å². The monoisotopic (exact) mass is 481 g/mol. The Bertz CT molecular complexity index is 948. The SMILES string of the molecule is CC1=NN(C)C(=O)C1(c1ccc([S+](C)[O-])cc1)N(OC(=O)OC(C)(C)C)C(=O)OC(C)(C)C. The first-order valence-corrected chi connectivity index (χ1v) is 11.8. The lowest BCUT2D eigenvalue weighted by molar-refractivity contribution is -0.181. The van der Waals surface area contributed by atoms with Crippen molar-refractivity contribution in [2.24, 2.45) is 5.10 Å². The number of ether oxygens (including phenoxy) is 2. The van der Waals surface area contributed by atoms with Gasteiger partial charge in [0.15, 0.2) is 4.90 Å². The molecule has 0 aromatic heterocycles. The fourth-order valence-corrected chi connectivity index (χ4v) is 3.71. The molecule has 33 heavy (non-hydrogen) atoms. The number of hydrazone groups is 1. The summed E-state index contributed by atoms with van der Waals surface area (Å²) in [5.41, 5.74) is -3.41. The number of rotatable bonds is 3. The van der Waals surface area contributed by atoms with E-state index in [2.05, 4.69) is 5.10 Å². The van der Waals surface area contributed by atoms with Crippen molar-refractivity contribution in [3.8, 4) is 0 Å². The largest absolute Gasteiger partial charge is 0.612 e. The van der Waals surface area contributed by atoms with E-state index in [4.69, 9.17) is 14.3 Å². The van der Waals surface area contributed by atoms with E-state index in [9.17, 15) is 18.9 Å². The van der Waals surface area contributed by atoms with Crippen LogP contribution in [0.25, 0.3) is 0 Å². The number of carbonyl (C=O) groups is 3. The van der Waals surface area contributed by atoms with Crippen molar-refractivity contribution in [1.29, 1.82) is 0 Å². The molecule has 0 bridgehead atoms. The predicted octanol–water partition coefficient (Wildman–Crippen LogP) is 3.57. The molecule has 0 saturated heterocycles. The van der Waals surface area contributed by atoms with Gasteiger partial charge in [-0.2, -0.15) is 5.10 Å². The molecular formula is C22H31N3O7S. The van der Waals surface area contributed by atoms with Crippen molar-refractivity contribution in [3.05, 3.63) is 29.8 Å². The molecule has 10 nitrogen and oxygen atoms in total. The summed E-state index contributed by atoms with van der Waals surface area (Å²) in [4.78, 5) is 45.3. The summed E-state index contributed by atoms with van der Waals surface area (Å²) in [7, 11) is 1.42. The summed E-state index contributed by atoms with van der Waals surface area (Å²) in [6, 6.07) is 6.19. The molecule has 0 N–H and O–H groups in total. The Morgan fingerprint density at radius 2 is 1.58 bits per heavy atom. The van der Waals surface area contributed by atoms with E-state index in [0.29, 0.717) is 9.96 Å². The molecule has 1 aliphatic heterocycles. The first-order chi connectivity index (χ1) is 15.0. The third-order valence-corrected chi connectivity index (χ3v) is 5.39. The molecule has 1 aliphatic rings. The zero-order chi connectivity index (χ0) is 25.4. The summed E-state index contributed by atoms with van der Waals surface area (Å²) < 4.78 is 22.5. The van der Waals surface area contributed by atoms with Crippen LogP contribution in [0, 0.1) is 0 Å². The van der Waals surface area contributed by atoms with Crippen molar-refractivity contribution >= 4 is 35.0 Å². The minimum Gasteiger partial charge on any atom is -0.612 e. The smallest absolute Gasteiger partial charge is 0.534 e. The quantitative estimate of drug-likeness (QED) is 0.367. The zero-order valence-electron chi connectivity index (χ0n) is 20.4. The number of amides is 2. The third kappa shape index (κ3) is 5.77. The highest BCUT2D eigenvalue weighted by atomic mass is 32.2. The molecule has 1 aromatic carbocycles. The van der Waals surface area contributed by atoms with Gasteiger partial charge in [-0.05, 0) is 77.3 Å². The van der Waals surface area contributed by atoms with Gasteiger partial charge in [-0.15, -0.1) is 5.06 Å². The Hall–Kier alpha value is -2.79. The van der Waals surface area contributed by atoms with Gasteiger partial charge < -0.3 is 14.0 Å². The Balaban J connectivity index is 2.70. The van der Waals surface area contributed by atoms with Crippen molar-refractivity contribution in [2.75, 3.05) is 13.3 Å². The molecule has 2 amide bonds. The minimum absolute atomic E-state index is 0.162. The predicted molar refractivity (Wildman–Crippen MR) is 122 cm³/mol. The van der Waals surface area contributed by atoms with Gasteiger partial charge in [0.2, 0.25) is 5.54 Å². The summed E-state index contributed by atoms with van der Waals surface area (Å²) in [5, 5.41) is 5.82. The molecule has 0 saturated carbocycles. The third-order valence-electron chi connectivity index (χ3n) is 4.45. The second kappa shape index (κ2) is 9.22. The topological polar surface area (TPSA) is 121 Å². The molecular weight excluding hydrogens is 450 g/mol. The van der Waals surface area contributed by atoms with Gasteiger partial charge in [0.05, 0.1) is 5.71 Å². The van der Waals surface area contributed by atoms with Gasteiger partial charge in [0, 0.05) is 7.05 Å². The maximum absolute atomic E-state index is 13.5. The van der Waals surface area contributed by atoms with E-state index < -0.39 is 46.1 Å². The Labute approximate surface area is 197 Å². The lowest BCUT2D eigenvalue weighted by Gasteiger charge is -2.38. The molecule has 2 atom stereocenters. The summed E-state index contributed by atoms with van der Waals surface area (Å²) in [6.07, 6.45) is -0.770. The molecule has 2 rings (SSSR count). The molecule has 0 spiro atoms. The summed E-state index contributed by atoms with van der Waals surface area (Å²) in [5.74, 6) is -0.653.